The minimum absolute atomic E-state index is 0.0361. The van der Waals surface area contributed by atoms with Crippen molar-refractivity contribution in [3.05, 3.63) is 35.9 Å². The standard InChI is InChI=1S/C15H21NO3/c1-16(18-2)15(17)10-13-8-14(9-13)19-11-12-6-4-3-5-7-12/h3-7,13-14H,8-11H2,1-2H3. The van der Waals surface area contributed by atoms with Crippen LogP contribution in [0, 0.1) is 5.92 Å². The van der Waals surface area contributed by atoms with Crippen molar-refractivity contribution >= 4 is 5.91 Å². The Morgan fingerprint density at radius 2 is 2.00 bits per heavy atom. The number of rotatable bonds is 6. The number of amides is 1. The molecule has 0 spiro atoms. The van der Waals surface area contributed by atoms with E-state index in [-0.39, 0.29) is 5.91 Å². The van der Waals surface area contributed by atoms with Gasteiger partial charge >= 0.3 is 0 Å². The SMILES string of the molecule is CON(C)C(=O)CC1CC(OCc2ccccc2)C1. The molecule has 1 saturated carbocycles. The van der Waals surface area contributed by atoms with Gasteiger partial charge in [0, 0.05) is 13.5 Å². The van der Waals surface area contributed by atoms with Crippen LogP contribution in [-0.2, 0) is 21.0 Å². The van der Waals surface area contributed by atoms with Crippen LogP contribution in [0.4, 0.5) is 0 Å². The maximum atomic E-state index is 11.6. The second-order valence-electron chi connectivity index (χ2n) is 5.03. The zero-order valence-electron chi connectivity index (χ0n) is 11.5. The van der Waals surface area contributed by atoms with Gasteiger partial charge in [-0.3, -0.25) is 9.63 Å². The molecule has 1 aliphatic carbocycles. The second kappa shape index (κ2) is 6.68. The van der Waals surface area contributed by atoms with Crippen LogP contribution in [0.15, 0.2) is 30.3 Å². The average Bonchev–Trinajstić information content (AvgIpc) is 2.41. The maximum absolute atomic E-state index is 11.6. The van der Waals surface area contributed by atoms with E-state index in [0.717, 1.165) is 12.8 Å². The van der Waals surface area contributed by atoms with Crippen LogP contribution in [0.5, 0.6) is 0 Å². The molecule has 1 fully saturated rings. The molecule has 0 N–H and O–H groups in total. The number of hydroxylamine groups is 2. The highest BCUT2D eigenvalue weighted by Gasteiger charge is 2.32. The summed E-state index contributed by atoms with van der Waals surface area (Å²) in [7, 11) is 3.15. The number of benzene rings is 1. The van der Waals surface area contributed by atoms with Gasteiger partial charge < -0.3 is 4.74 Å². The molecule has 4 nitrogen and oxygen atoms in total. The van der Waals surface area contributed by atoms with Crippen molar-refractivity contribution in [1.29, 1.82) is 0 Å². The van der Waals surface area contributed by atoms with Crippen LogP contribution in [0.3, 0.4) is 0 Å². The molecule has 0 unspecified atom stereocenters. The summed E-state index contributed by atoms with van der Waals surface area (Å²) in [4.78, 5) is 16.5. The van der Waals surface area contributed by atoms with Crippen LogP contribution in [0.2, 0.25) is 0 Å². The number of carbonyl (C=O) groups is 1. The van der Waals surface area contributed by atoms with Gasteiger partial charge in [0.2, 0.25) is 5.91 Å². The van der Waals surface area contributed by atoms with Crippen molar-refractivity contribution in [2.24, 2.45) is 5.92 Å². The van der Waals surface area contributed by atoms with Crippen molar-refractivity contribution in [3.8, 4) is 0 Å². The highest BCUT2D eigenvalue weighted by atomic mass is 16.7. The molecule has 1 aromatic rings. The second-order valence-corrected chi connectivity index (χ2v) is 5.03. The van der Waals surface area contributed by atoms with Crippen molar-refractivity contribution in [1.82, 2.24) is 5.06 Å². The molecular formula is C15H21NO3. The fraction of sp³-hybridized carbons (Fsp3) is 0.533. The molecule has 0 radical (unpaired) electrons. The molecule has 0 aromatic heterocycles. The normalized spacial score (nSPS) is 21.8. The summed E-state index contributed by atoms with van der Waals surface area (Å²) in [6.07, 6.45) is 2.78. The van der Waals surface area contributed by atoms with Crippen LogP contribution in [0.25, 0.3) is 0 Å². The fourth-order valence-electron chi connectivity index (χ4n) is 2.24. The van der Waals surface area contributed by atoms with Gasteiger partial charge in [0.15, 0.2) is 0 Å². The molecule has 2 rings (SSSR count). The smallest absolute Gasteiger partial charge is 0.246 e. The molecule has 1 aliphatic rings. The van der Waals surface area contributed by atoms with Crippen molar-refractivity contribution in [2.75, 3.05) is 14.2 Å². The third-order valence-electron chi connectivity index (χ3n) is 3.61. The van der Waals surface area contributed by atoms with Gasteiger partial charge in [-0.1, -0.05) is 30.3 Å². The number of ether oxygens (including phenoxy) is 1. The Bertz CT molecular complexity index is 401. The molecule has 19 heavy (non-hydrogen) atoms. The van der Waals surface area contributed by atoms with Crippen molar-refractivity contribution < 1.29 is 14.4 Å². The molecular weight excluding hydrogens is 242 g/mol. The number of nitrogens with zero attached hydrogens (tertiary/aromatic N) is 1. The summed E-state index contributed by atoms with van der Waals surface area (Å²) in [6, 6.07) is 10.2. The zero-order chi connectivity index (χ0) is 13.7. The van der Waals surface area contributed by atoms with E-state index in [1.165, 1.54) is 17.7 Å². The van der Waals surface area contributed by atoms with Gasteiger partial charge in [-0.25, -0.2) is 5.06 Å². The lowest BCUT2D eigenvalue weighted by molar-refractivity contribution is -0.171. The lowest BCUT2D eigenvalue weighted by Gasteiger charge is -2.35. The molecule has 0 atom stereocenters. The molecule has 0 bridgehead atoms. The fourth-order valence-corrected chi connectivity index (χ4v) is 2.24. The molecule has 4 heteroatoms. The molecule has 0 saturated heterocycles. The summed E-state index contributed by atoms with van der Waals surface area (Å²) < 4.78 is 5.81. The van der Waals surface area contributed by atoms with Crippen LogP contribution >= 0.6 is 0 Å². The molecule has 1 aromatic carbocycles. The van der Waals surface area contributed by atoms with E-state index in [1.807, 2.05) is 18.2 Å². The Balaban J connectivity index is 1.63. The largest absolute Gasteiger partial charge is 0.374 e. The molecule has 1 amide bonds. The first-order valence-corrected chi connectivity index (χ1v) is 6.65. The summed E-state index contributed by atoms with van der Waals surface area (Å²) >= 11 is 0. The van der Waals surface area contributed by atoms with E-state index < -0.39 is 0 Å². The van der Waals surface area contributed by atoms with Crippen LogP contribution < -0.4 is 0 Å². The average molecular weight is 263 g/mol. The van der Waals surface area contributed by atoms with E-state index in [4.69, 9.17) is 9.57 Å². The summed E-state index contributed by atoms with van der Waals surface area (Å²) in [5.41, 5.74) is 1.20. The lowest BCUT2D eigenvalue weighted by Crippen LogP contribution is -2.36. The van der Waals surface area contributed by atoms with E-state index >= 15 is 0 Å². The van der Waals surface area contributed by atoms with Gasteiger partial charge in [-0.15, -0.1) is 0 Å². The summed E-state index contributed by atoms with van der Waals surface area (Å²) in [5, 5.41) is 1.29. The lowest BCUT2D eigenvalue weighted by atomic mass is 9.80. The summed E-state index contributed by atoms with van der Waals surface area (Å²) in [5.74, 6) is 0.472. The Kier molecular flexibility index (Phi) is 4.93. The van der Waals surface area contributed by atoms with Gasteiger partial charge in [-0.2, -0.15) is 0 Å². The minimum Gasteiger partial charge on any atom is -0.374 e. The topological polar surface area (TPSA) is 38.8 Å². The Labute approximate surface area is 114 Å². The van der Waals surface area contributed by atoms with Gasteiger partial charge in [0.25, 0.3) is 0 Å². The number of hydrogen-bond acceptors (Lipinski definition) is 3. The number of hydrogen-bond donors (Lipinski definition) is 0. The van der Waals surface area contributed by atoms with E-state index in [1.54, 1.807) is 7.05 Å². The first kappa shape index (κ1) is 14.0. The highest BCUT2D eigenvalue weighted by Crippen LogP contribution is 2.33. The van der Waals surface area contributed by atoms with Gasteiger partial charge in [0.05, 0.1) is 19.8 Å². The van der Waals surface area contributed by atoms with E-state index in [2.05, 4.69) is 12.1 Å². The quantitative estimate of drug-likeness (QED) is 0.740. The van der Waals surface area contributed by atoms with Gasteiger partial charge in [-0.05, 0) is 24.3 Å². The third-order valence-corrected chi connectivity index (χ3v) is 3.61. The maximum Gasteiger partial charge on any atom is 0.246 e. The first-order valence-electron chi connectivity index (χ1n) is 6.65. The Morgan fingerprint density at radius 3 is 2.63 bits per heavy atom. The van der Waals surface area contributed by atoms with Crippen LogP contribution in [0.1, 0.15) is 24.8 Å². The zero-order valence-corrected chi connectivity index (χ0v) is 11.5. The molecule has 104 valence electrons. The molecule has 0 aliphatic heterocycles. The highest BCUT2D eigenvalue weighted by molar-refractivity contribution is 5.75. The molecule has 0 heterocycles. The predicted octanol–water partition coefficient (Wildman–Crippen LogP) is 2.39. The van der Waals surface area contributed by atoms with Crippen molar-refractivity contribution in [2.45, 2.75) is 32.0 Å². The van der Waals surface area contributed by atoms with E-state index in [9.17, 15) is 4.79 Å². The van der Waals surface area contributed by atoms with E-state index in [0.29, 0.717) is 25.0 Å². The summed E-state index contributed by atoms with van der Waals surface area (Å²) in [6.45, 7) is 0.657. The van der Waals surface area contributed by atoms with Gasteiger partial charge in [0.1, 0.15) is 0 Å². The third kappa shape index (κ3) is 4.04. The number of carbonyl (C=O) groups excluding carboxylic acids is 1. The Hall–Kier alpha value is -1.39. The first-order chi connectivity index (χ1) is 9.19. The monoisotopic (exact) mass is 263 g/mol. The minimum atomic E-state index is 0.0361. The van der Waals surface area contributed by atoms with Crippen molar-refractivity contribution in [3.63, 3.8) is 0 Å². The Morgan fingerprint density at radius 1 is 1.32 bits per heavy atom. The van der Waals surface area contributed by atoms with Crippen LogP contribution in [-0.4, -0.2) is 31.2 Å². The predicted molar refractivity (Wildman–Crippen MR) is 72.1 cm³/mol.